The highest BCUT2D eigenvalue weighted by atomic mass is 32.1. The largest absolute Gasteiger partial charge is 0.481 e. The summed E-state index contributed by atoms with van der Waals surface area (Å²) in [5.41, 5.74) is 5.10. The highest BCUT2D eigenvalue weighted by molar-refractivity contribution is 7.21. The molecule has 1 atom stereocenters. The number of carbonyl (C=O) groups is 1. The fourth-order valence-corrected chi connectivity index (χ4v) is 3.95. The number of carbonyl (C=O) groups excluding carboxylic acids is 1. The van der Waals surface area contributed by atoms with Crippen LogP contribution in [0, 0.1) is 13.8 Å². The van der Waals surface area contributed by atoms with Crippen LogP contribution in [0.2, 0.25) is 0 Å². The average Bonchev–Trinajstić information content (AvgIpc) is 3.15. The number of thiazole rings is 1. The first-order valence-corrected chi connectivity index (χ1v) is 10.3. The van der Waals surface area contributed by atoms with Crippen molar-refractivity contribution in [2.75, 3.05) is 5.32 Å². The third kappa shape index (κ3) is 4.30. The Morgan fingerprint density at radius 2 is 1.76 bits per heavy atom. The van der Waals surface area contributed by atoms with Crippen LogP contribution in [0.3, 0.4) is 0 Å². The van der Waals surface area contributed by atoms with Crippen LogP contribution in [0.25, 0.3) is 20.8 Å². The highest BCUT2D eigenvalue weighted by Gasteiger charge is 2.15. The Kier molecular flexibility index (Phi) is 5.32. The molecule has 0 fully saturated rings. The van der Waals surface area contributed by atoms with Gasteiger partial charge in [0.25, 0.3) is 5.91 Å². The molecule has 5 heteroatoms. The minimum absolute atomic E-state index is 0.184. The minimum Gasteiger partial charge on any atom is -0.481 e. The lowest BCUT2D eigenvalue weighted by Gasteiger charge is -2.15. The Morgan fingerprint density at radius 3 is 2.48 bits per heavy atom. The maximum Gasteiger partial charge on any atom is 0.265 e. The summed E-state index contributed by atoms with van der Waals surface area (Å²) in [6.07, 6.45) is -0.596. The molecule has 0 spiro atoms. The highest BCUT2D eigenvalue weighted by Crippen LogP contribution is 2.30. The molecule has 0 saturated heterocycles. The molecule has 29 heavy (non-hydrogen) atoms. The van der Waals surface area contributed by atoms with Crippen molar-refractivity contribution < 1.29 is 9.53 Å². The summed E-state index contributed by atoms with van der Waals surface area (Å²) in [4.78, 5) is 17.2. The second-order valence-electron chi connectivity index (χ2n) is 7.06. The van der Waals surface area contributed by atoms with Crippen LogP contribution in [0.15, 0.2) is 66.7 Å². The molecule has 1 aromatic heterocycles. The minimum atomic E-state index is -0.596. The van der Waals surface area contributed by atoms with Crippen molar-refractivity contribution in [1.82, 2.24) is 4.98 Å². The standard InChI is InChI=1S/C24H22N2O2S/c1-15-8-13-20(14-16(15)2)28-17(3)23(27)25-19-11-9-18(10-12-19)24-26-21-6-4-5-7-22(21)29-24/h4-14,17H,1-3H3,(H,25,27). The van der Waals surface area contributed by atoms with Gasteiger partial charge in [-0.2, -0.15) is 0 Å². The lowest BCUT2D eigenvalue weighted by Crippen LogP contribution is -2.30. The van der Waals surface area contributed by atoms with Crippen LogP contribution >= 0.6 is 11.3 Å². The van der Waals surface area contributed by atoms with Crippen molar-refractivity contribution in [3.8, 4) is 16.3 Å². The molecular formula is C24H22N2O2S. The van der Waals surface area contributed by atoms with Crippen molar-refractivity contribution >= 4 is 33.1 Å². The summed E-state index contributed by atoms with van der Waals surface area (Å²) < 4.78 is 6.95. The summed E-state index contributed by atoms with van der Waals surface area (Å²) in [6.45, 7) is 5.83. The Bertz CT molecular complexity index is 1130. The van der Waals surface area contributed by atoms with Gasteiger partial charge in [-0.05, 0) is 80.4 Å². The third-order valence-corrected chi connectivity index (χ3v) is 5.94. The van der Waals surface area contributed by atoms with Crippen LogP contribution in [-0.2, 0) is 4.79 Å². The van der Waals surface area contributed by atoms with Crippen LogP contribution < -0.4 is 10.1 Å². The predicted octanol–water partition coefficient (Wildman–Crippen LogP) is 5.99. The molecule has 146 valence electrons. The molecule has 0 bridgehead atoms. The molecule has 4 aromatic rings. The Balaban J connectivity index is 1.42. The molecule has 1 amide bonds. The van der Waals surface area contributed by atoms with E-state index in [0.717, 1.165) is 32.0 Å². The van der Waals surface area contributed by atoms with Crippen LogP contribution in [0.5, 0.6) is 5.75 Å². The molecule has 0 radical (unpaired) electrons. The van der Waals surface area contributed by atoms with Gasteiger partial charge in [0, 0.05) is 11.3 Å². The quantitative estimate of drug-likeness (QED) is 0.446. The number of hydrogen-bond donors (Lipinski definition) is 1. The Hall–Kier alpha value is -3.18. The first kappa shape index (κ1) is 19.2. The SMILES string of the molecule is Cc1ccc(OC(C)C(=O)Nc2ccc(-c3nc4ccccc4s3)cc2)cc1C. The number of fused-ring (bicyclic) bond motifs is 1. The fraction of sp³-hybridized carbons (Fsp3) is 0.167. The zero-order valence-corrected chi connectivity index (χ0v) is 17.4. The fourth-order valence-electron chi connectivity index (χ4n) is 2.98. The number of aromatic nitrogens is 1. The first-order chi connectivity index (χ1) is 14.0. The first-order valence-electron chi connectivity index (χ1n) is 9.50. The maximum absolute atomic E-state index is 12.5. The van der Waals surface area contributed by atoms with E-state index in [9.17, 15) is 4.79 Å². The second kappa shape index (κ2) is 8.05. The number of benzene rings is 3. The number of ether oxygens (including phenoxy) is 1. The topological polar surface area (TPSA) is 51.2 Å². The normalized spacial score (nSPS) is 12.0. The molecule has 1 unspecified atom stereocenters. The van der Waals surface area contributed by atoms with E-state index in [0.29, 0.717) is 5.75 Å². The zero-order valence-electron chi connectivity index (χ0n) is 16.6. The van der Waals surface area contributed by atoms with Gasteiger partial charge >= 0.3 is 0 Å². The monoisotopic (exact) mass is 402 g/mol. The van der Waals surface area contributed by atoms with Crippen molar-refractivity contribution in [1.29, 1.82) is 0 Å². The van der Waals surface area contributed by atoms with Crippen molar-refractivity contribution in [2.45, 2.75) is 26.9 Å². The van der Waals surface area contributed by atoms with Crippen molar-refractivity contribution in [2.24, 2.45) is 0 Å². The summed E-state index contributed by atoms with van der Waals surface area (Å²) in [5.74, 6) is 0.512. The number of para-hydroxylation sites is 1. The molecule has 0 aliphatic rings. The Labute approximate surface area is 174 Å². The van der Waals surface area contributed by atoms with Gasteiger partial charge in [-0.15, -0.1) is 11.3 Å². The summed E-state index contributed by atoms with van der Waals surface area (Å²) in [7, 11) is 0. The number of anilines is 1. The van der Waals surface area contributed by atoms with E-state index >= 15 is 0 Å². The van der Waals surface area contributed by atoms with Crippen molar-refractivity contribution in [3.05, 3.63) is 77.9 Å². The lowest BCUT2D eigenvalue weighted by atomic mass is 10.1. The third-order valence-electron chi connectivity index (χ3n) is 4.85. The van der Waals surface area contributed by atoms with Crippen molar-refractivity contribution in [3.63, 3.8) is 0 Å². The zero-order chi connectivity index (χ0) is 20.4. The molecule has 3 aromatic carbocycles. The van der Waals surface area contributed by atoms with Gasteiger partial charge in [0.1, 0.15) is 10.8 Å². The van der Waals surface area contributed by atoms with Gasteiger partial charge < -0.3 is 10.1 Å². The molecule has 4 nitrogen and oxygen atoms in total. The van der Waals surface area contributed by atoms with Gasteiger partial charge in [0.05, 0.1) is 10.2 Å². The summed E-state index contributed by atoms with van der Waals surface area (Å²) in [6, 6.07) is 21.7. The van der Waals surface area contributed by atoms with E-state index < -0.39 is 6.10 Å². The van der Waals surface area contributed by atoms with Gasteiger partial charge in [-0.1, -0.05) is 18.2 Å². The molecule has 0 saturated carbocycles. The second-order valence-corrected chi connectivity index (χ2v) is 8.09. The predicted molar refractivity (Wildman–Crippen MR) is 120 cm³/mol. The van der Waals surface area contributed by atoms with Crippen LogP contribution in [-0.4, -0.2) is 17.0 Å². The number of rotatable bonds is 5. The van der Waals surface area contributed by atoms with Crippen LogP contribution in [0.4, 0.5) is 5.69 Å². The number of aryl methyl sites for hydroxylation is 2. The van der Waals surface area contributed by atoms with E-state index in [2.05, 4.69) is 16.4 Å². The van der Waals surface area contributed by atoms with E-state index in [-0.39, 0.29) is 5.91 Å². The van der Waals surface area contributed by atoms with E-state index in [4.69, 9.17) is 4.74 Å². The molecule has 1 heterocycles. The van der Waals surface area contributed by atoms with Gasteiger partial charge in [0.2, 0.25) is 0 Å². The average molecular weight is 403 g/mol. The molecule has 0 aliphatic carbocycles. The number of amides is 1. The molecular weight excluding hydrogens is 380 g/mol. The lowest BCUT2D eigenvalue weighted by molar-refractivity contribution is -0.122. The molecule has 0 aliphatic heterocycles. The smallest absolute Gasteiger partial charge is 0.265 e. The van der Waals surface area contributed by atoms with Gasteiger partial charge in [-0.3, -0.25) is 4.79 Å². The number of hydrogen-bond acceptors (Lipinski definition) is 4. The summed E-state index contributed by atoms with van der Waals surface area (Å²) in [5, 5.41) is 3.88. The molecule has 4 rings (SSSR count). The molecule has 1 N–H and O–H groups in total. The maximum atomic E-state index is 12.5. The van der Waals surface area contributed by atoms with E-state index in [1.54, 1.807) is 18.3 Å². The van der Waals surface area contributed by atoms with Crippen LogP contribution in [0.1, 0.15) is 18.1 Å². The van der Waals surface area contributed by atoms with E-state index in [1.165, 1.54) is 5.56 Å². The Morgan fingerprint density at radius 1 is 1.00 bits per heavy atom. The van der Waals surface area contributed by atoms with Gasteiger partial charge in [-0.25, -0.2) is 4.98 Å². The number of nitrogens with zero attached hydrogens (tertiary/aromatic N) is 1. The van der Waals surface area contributed by atoms with Gasteiger partial charge in [0.15, 0.2) is 6.10 Å². The van der Waals surface area contributed by atoms with E-state index in [1.807, 2.05) is 74.5 Å². The number of nitrogens with one attached hydrogen (secondary N) is 1. The summed E-state index contributed by atoms with van der Waals surface area (Å²) >= 11 is 1.66.